The molecule has 2 heterocycles. The molecule has 4 rings (SSSR count). The number of aryl methyl sites for hydroxylation is 2. The predicted octanol–water partition coefficient (Wildman–Crippen LogP) is 4.19. The summed E-state index contributed by atoms with van der Waals surface area (Å²) in [5, 5.41) is 0.686. The second-order valence-corrected chi connectivity index (χ2v) is 6.83. The quantitative estimate of drug-likeness (QED) is 0.662. The van der Waals surface area contributed by atoms with E-state index in [0.717, 1.165) is 29.7 Å². The first-order valence-electron chi connectivity index (χ1n) is 7.86. The Morgan fingerprint density at radius 3 is 2.87 bits per heavy atom. The number of thiophene rings is 1. The third-order valence-electron chi connectivity index (χ3n) is 4.34. The molecule has 0 atom stereocenters. The Morgan fingerprint density at radius 1 is 1.17 bits per heavy atom. The minimum Gasteiger partial charge on any atom is -0.496 e. The Kier molecular flexibility index (Phi) is 3.65. The lowest BCUT2D eigenvalue weighted by atomic mass is 10.1. The van der Waals surface area contributed by atoms with Crippen molar-refractivity contribution in [2.75, 3.05) is 7.11 Å². The van der Waals surface area contributed by atoms with Crippen LogP contribution in [0.15, 0.2) is 33.5 Å². The maximum Gasteiger partial charge on any atom is 0.348 e. The first-order valence-corrected chi connectivity index (χ1v) is 8.68. The summed E-state index contributed by atoms with van der Waals surface area (Å²) >= 11 is 1.64. The molecule has 4 nitrogen and oxygen atoms in total. The van der Waals surface area contributed by atoms with Crippen LogP contribution in [0.5, 0.6) is 5.75 Å². The van der Waals surface area contributed by atoms with Crippen LogP contribution in [-0.4, -0.2) is 12.1 Å². The lowest BCUT2D eigenvalue weighted by Gasteiger charge is -2.06. The Hall–Kier alpha value is -2.14. The molecule has 0 unspecified atom stereocenters. The largest absolute Gasteiger partial charge is 0.496 e. The van der Waals surface area contributed by atoms with Crippen LogP contribution in [-0.2, 0) is 12.8 Å². The SMILES string of the molecule is COc1ccccc1-c1nc2sc3c(c2c(=O)o1)CCCCC3. The van der Waals surface area contributed by atoms with E-state index in [9.17, 15) is 4.79 Å². The molecule has 5 heteroatoms. The maximum absolute atomic E-state index is 12.6. The summed E-state index contributed by atoms with van der Waals surface area (Å²) in [6.07, 6.45) is 5.54. The standard InChI is InChI=1S/C18H17NO3S/c1-21-13-9-6-5-7-11(13)16-19-17-15(18(20)22-16)12-8-3-2-4-10-14(12)23-17/h5-7,9H,2-4,8,10H2,1H3. The summed E-state index contributed by atoms with van der Waals surface area (Å²) in [5.74, 6) is 0.983. The van der Waals surface area contributed by atoms with Crippen molar-refractivity contribution in [3.8, 4) is 17.2 Å². The molecule has 3 aromatic rings. The molecule has 1 aliphatic carbocycles. The van der Waals surface area contributed by atoms with Crippen molar-refractivity contribution in [2.45, 2.75) is 32.1 Å². The molecule has 1 aromatic carbocycles. The summed E-state index contributed by atoms with van der Waals surface area (Å²) < 4.78 is 10.9. The Labute approximate surface area is 137 Å². The van der Waals surface area contributed by atoms with Crippen LogP contribution in [0.3, 0.4) is 0 Å². The van der Waals surface area contributed by atoms with Crippen LogP contribution < -0.4 is 10.4 Å². The van der Waals surface area contributed by atoms with Gasteiger partial charge in [0.15, 0.2) is 0 Å². The normalized spacial score (nSPS) is 14.5. The minimum absolute atomic E-state index is 0.282. The molecule has 23 heavy (non-hydrogen) atoms. The van der Waals surface area contributed by atoms with Crippen LogP contribution in [0.25, 0.3) is 21.7 Å². The Morgan fingerprint density at radius 2 is 2.00 bits per heavy atom. The van der Waals surface area contributed by atoms with E-state index in [1.807, 2.05) is 24.3 Å². The number of hydrogen-bond donors (Lipinski definition) is 0. The van der Waals surface area contributed by atoms with Crippen molar-refractivity contribution in [1.29, 1.82) is 0 Å². The van der Waals surface area contributed by atoms with Crippen LogP contribution >= 0.6 is 11.3 Å². The molecule has 0 bridgehead atoms. The smallest absolute Gasteiger partial charge is 0.348 e. The number of hydrogen-bond acceptors (Lipinski definition) is 5. The van der Waals surface area contributed by atoms with Gasteiger partial charge in [-0.05, 0) is 43.4 Å². The molecule has 0 aliphatic heterocycles. The van der Waals surface area contributed by atoms with E-state index in [2.05, 4.69) is 4.98 Å². The zero-order valence-electron chi connectivity index (χ0n) is 12.9. The summed E-state index contributed by atoms with van der Waals surface area (Å²) in [7, 11) is 1.60. The minimum atomic E-state index is -0.282. The number of benzene rings is 1. The first-order chi connectivity index (χ1) is 11.3. The monoisotopic (exact) mass is 327 g/mol. The van der Waals surface area contributed by atoms with Crippen LogP contribution in [0, 0.1) is 0 Å². The summed E-state index contributed by atoms with van der Waals surface area (Å²) in [6, 6.07) is 7.46. The molecule has 2 aromatic heterocycles. The van der Waals surface area contributed by atoms with Gasteiger partial charge in [0.2, 0.25) is 5.89 Å². The fourth-order valence-corrected chi connectivity index (χ4v) is 4.45. The average Bonchev–Trinajstić information content (AvgIpc) is 2.77. The van der Waals surface area contributed by atoms with E-state index >= 15 is 0 Å². The van der Waals surface area contributed by atoms with Crippen LogP contribution in [0.2, 0.25) is 0 Å². The number of para-hydroxylation sites is 1. The fraction of sp³-hybridized carbons (Fsp3) is 0.333. The van der Waals surface area contributed by atoms with Gasteiger partial charge >= 0.3 is 5.63 Å². The molecule has 0 saturated carbocycles. The molecule has 118 valence electrons. The molecule has 0 saturated heterocycles. The topological polar surface area (TPSA) is 52.3 Å². The zero-order valence-corrected chi connectivity index (χ0v) is 13.7. The Balaban J connectivity index is 1.93. The first kappa shape index (κ1) is 14.5. The van der Waals surface area contributed by atoms with Crippen molar-refractivity contribution in [1.82, 2.24) is 4.98 Å². The van der Waals surface area contributed by atoms with Gasteiger partial charge in [-0.25, -0.2) is 9.78 Å². The Bertz CT molecular complexity index is 926. The molecule has 1 aliphatic rings. The molecule has 0 fully saturated rings. The van der Waals surface area contributed by atoms with Gasteiger partial charge in [0, 0.05) is 4.88 Å². The lowest BCUT2D eigenvalue weighted by Crippen LogP contribution is -2.04. The van der Waals surface area contributed by atoms with Crippen molar-refractivity contribution in [3.63, 3.8) is 0 Å². The number of ether oxygens (including phenoxy) is 1. The third-order valence-corrected chi connectivity index (χ3v) is 5.52. The highest BCUT2D eigenvalue weighted by Crippen LogP contribution is 2.35. The van der Waals surface area contributed by atoms with Gasteiger partial charge in [-0.15, -0.1) is 11.3 Å². The van der Waals surface area contributed by atoms with Gasteiger partial charge in [0.05, 0.1) is 12.7 Å². The van der Waals surface area contributed by atoms with Gasteiger partial charge in [0.1, 0.15) is 16.0 Å². The maximum atomic E-state index is 12.6. The van der Waals surface area contributed by atoms with Gasteiger partial charge < -0.3 is 9.15 Å². The highest BCUT2D eigenvalue weighted by atomic mass is 32.1. The molecule has 0 radical (unpaired) electrons. The second kappa shape index (κ2) is 5.81. The van der Waals surface area contributed by atoms with Crippen LogP contribution in [0.4, 0.5) is 0 Å². The number of nitrogens with zero attached hydrogens (tertiary/aromatic N) is 1. The number of methoxy groups -OCH3 is 1. The third kappa shape index (κ3) is 2.45. The van der Waals surface area contributed by atoms with E-state index in [-0.39, 0.29) is 5.63 Å². The van der Waals surface area contributed by atoms with Gasteiger partial charge in [0.25, 0.3) is 0 Å². The van der Waals surface area contributed by atoms with Crippen molar-refractivity contribution < 1.29 is 9.15 Å². The van der Waals surface area contributed by atoms with Gasteiger partial charge in [-0.3, -0.25) is 0 Å². The number of rotatable bonds is 2. The number of fused-ring (bicyclic) bond motifs is 3. The zero-order chi connectivity index (χ0) is 15.8. The molecule has 0 spiro atoms. The van der Waals surface area contributed by atoms with E-state index in [1.165, 1.54) is 17.7 Å². The van der Waals surface area contributed by atoms with Crippen molar-refractivity contribution in [2.24, 2.45) is 0 Å². The predicted molar refractivity (Wildman–Crippen MR) is 91.4 cm³/mol. The molecule has 0 N–H and O–H groups in total. The van der Waals surface area contributed by atoms with Crippen molar-refractivity contribution >= 4 is 21.6 Å². The van der Waals surface area contributed by atoms with E-state index in [4.69, 9.17) is 9.15 Å². The number of aromatic nitrogens is 1. The second-order valence-electron chi connectivity index (χ2n) is 5.75. The van der Waals surface area contributed by atoms with Gasteiger partial charge in [-0.1, -0.05) is 18.6 Å². The molecular weight excluding hydrogens is 310 g/mol. The summed E-state index contributed by atoms with van der Waals surface area (Å²) in [4.78, 5) is 19.3. The molecular formula is C18H17NO3S. The molecule has 0 amide bonds. The van der Waals surface area contributed by atoms with Crippen molar-refractivity contribution in [3.05, 3.63) is 45.1 Å². The van der Waals surface area contributed by atoms with E-state index < -0.39 is 0 Å². The highest BCUT2D eigenvalue weighted by Gasteiger charge is 2.21. The summed E-state index contributed by atoms with van der Waals surface area (Å²) in [6.45, 7) is 0. The lowest BCUT2D eigenvalue weighted by molar-refractivity contribution is 0.413. The highest BCUT2D eigenvalue weighted by molar-refractivity contribution is 7.18. The van der Waals surface area contributed by atoms with E-state index in [0.29, 0.717) is 22.6 Å². The average molecular weight is 327 g/mol. The van der Waals surface area contributed by atoms with E-state index in [1.54, 1.807) is 18.4 Å². The van der Waals surface area contributed by atoms with Gasteiger partial charge in [-0.2, -0.15) is 0 Å². The summed E-state index contributed by atoms with van der Waals surface area (Å²) in [5.41, 5.74) is 1.59. The fourth-order valence-electron chi connectivity index (χ4n) is 3.21. The van der Waals surface area contributed by atoms with Crippen LogP contribution in [0.1, 0.15) is 29.7 Å².